The van der Waals surface area contributed by atoms with E-state index in [1.807, 2.05) is 6.07 Å². The molecule has 1 aliphatic rings. The molecule has 0 spiro atoms. The fourth-order valence-electron chi connectivity index (χ4n) is 3.04. The van der Waals surface area contributed by atoms with E-state index in [0.29, 0.717) is 22.1 Å². The molecule has 26 heavy (non-hydrogen) atoms. The minimum Gasteiger partial charge on any atom is -0.459 e. The number of furan rings is 1. The molecule has 0 radical (unpaired) electrons. The van der Waals surface area contributed by atoms with Crippen LogP contribution in [0.15, 0.2) is 53.1 Å². The maximum absolute atomic E-state index is 14.3. The second-order valence-electron chi connectivity index (χ2n) is 5.90. The standard InChI is InChI=1S/C19H15FN2O3S/c20-13-6-1-4-12-5-2-10-22(17(12)13)19(24)15-8-9-16(26-15)21-18(23)14-7-3-11-25-14/h1,3-4,6-9,11H,2,5,10H2,(H,21,23). The van der Waals surface area contributed by atoms with Crippen molar-refractivity contribution in [1.82, 2.24) is 0 Å². The third-order valence-corrected chi connectivity index (χ3v) is 5.20. The maximum Gasteiger partial charge on any atom is 0.291 e. The highest BCUT2D eigenvalue weighted by molar-refractivity contribution is 7.18. The van der Waals surface area contributed by atoms with Crippen LogP contribution in [0.2, 0.25) is 0 Å². The van der Waals surface area contributed by atoms with Crippen LogP contribution in [0.4, 0.5) is 15.1 Å². The summed E-state index contributed by atoms with van der Waals surface area (Å²) in [5.74, 6) is -0.846. The average Bonchev–Trinajstić information content (AvgIpc) is 3.33. The zero-order valence-electron chi connectivity index (χ0n) is 13.7. The van der Waals surface area contributed by atoms with Gasteiger partial charge >= 0.3 is 0 Å². The number of fused-ring (bicyclic) bond motifs is 1. The summed E-state index contributed by atoms with van der Waals surface area (Å²) in [7, 11) is 0. The molecule has 3 aromatic rings. The second kappa shape index (κ2) is 6.76. The van der Waals surface area contributed by atoms with Crippen molar-refractivity contribution in [3.63, 3.8) is 0 Å². The van der Waals surface area contributed by atoms with Crippen molar-refractivity contribution >= 4 is 33.8 Å². The average molecular weight is 370 g/mol. The van der Waals surface area contributed by atoms with Crippen LogP contribution in [0.1, 0.15) is 32.2 Å². The fraction of sp³-hybridized carbons (Fsp3) is 0.158. The molecule has 0 saturated carbocycles. The molecule has 2 aromatic heterocycles. The molecule has 3 heterocycles. The summed E-state index contributed by atoms with van der Waals surface area (Å²) in [6.07, 6.45) is 2.96. The van der Waals surface area contributed by atoms with Crippen LogP contribution in [0.3, 0.4) is 0 Å². The Morgan fingerprint density at radius 1 is 1.15 bits per heavy atom. The summed E-state index contributed by atoms with van der Waals surface area (Å²) in [5, 5.41) is 3.22. The topological polar surface area (TPSA) is 62.6 Å². The Bertz CT molecular complexity index is 965. The Morgan fingerprint density at radius 2 is 2.04 bits per heavy atom. The fourth-order valence-corrected chi connectivity index (χ4v) is 3.89. The van der Waals surface area contributed by atoms with Gasteiger partial charge in [0, 0.05) is 6.54 Å². The van der Waals surface area contributed by atoms with E-state index in [0.717, 1.165) is 29.7 Å². The number of thiophene rings is 1. The van der Waals surface area contributed by atoms with Gasteiger partial charge in [0.25, 0.3) is 11.8 Å². The van der Waals surface area contributed by atoms with E-state index in [1.54, 1.807) is 30.3 Å². The number of para-hydroxylation sites is 1. The first-order valence-corrected chi connectivity index (χ1v) is 8.99. The summed E-state index contributed by atoms with van der Waals surface area (Å²) in [6.45, 7) is 0.471. The number of anilines is 2. The molecule has 0 atom stereocenters. The monoisotopic (exact) mass is 370 g/mol. The van der Waals surface area contributed by atoms with E-state index in [2.05, 4.69) is 5.32 Å². The van der Waals surface area contributed by atoms with E-state index in [-0.39, 0.29) is 17.6 Å². The molecule has 0 fully saturated rings. The summed E-state index contributed by atoms with van der Waals surface area (Å²) in [5.41, 5.74) is 1.20. The van der Waals surface area contributed by atoms with Gasteiger partial charge in [-0.1, -0.05) is 12.1 Å². The van der Waals surface area contributed by atoms with Gasteiger partial charge in [0.1, 0.15) is 5.82 Å². The molecule has 132 valence electrons. The molecule has 0 unspecified atom stereocenters. The highest BCUT2D eigenvalue weighted by atomic mass is 32.1. The summed E-state index contributed by atoms with van der Waals surface area (Å²) in [4.78, 5) is 26.8. The number of carbonyl (C=O) groups excluding carboxylic acids is 2. The third kappa shape index (κ3) is 3.01. The van der Waals surface area contributed by atoms with E-state index in [9.17, 15) is 14.0 Å². The molecular weight excluding hydrogens is 355 g/mol. The van der Waals surface area contributed by atoms with E-state index in [1.165, 1.54) is 17.2 Å². The first-order chi connectivity index (χ1) is 12.6. The van der Waals surface area contributed by atoms with Crippen LogP contribution in [0.25, 0.3) is 0 Å². The molecule has 1 aliphatic heterocycles. The van der Waals surface area contributed by atoms with Crippen molar-refractivity contribution in [2.45, 2.75) is 12.8 Å². The number of benzene rings is 1. The lowest BCUT2D eigenvalue weighted by Crippen LogP contribution is -2.35. The molecule has 0 saturated heterocycles. The Morgan fingerprint density at radius 3 is 2.85 bits per heavy atom. The smallest absolute Gasteiger partial charge is 0.291 e. The molecule has 0 aliphatic carbocycles. The van der Waals surface area contributed by atoms with Crippen molar-refractivity contribution in [3.8, 4) is 0 Å². The largest absolute Gasteiger partial charge is 0.459 e. The zero-order chi connectivity index (χ0) is 18.1. The van der Waals surface area contributed by atoms with Crippen LogP contribution in [0.5, 0.6) is 0 Å². The molecule has 1 N–H and O–H groups in total. The highest BCUT2D eigenvalue weighted by Crippen LogP contribution is 2.33. The first kappa shape index (κ1) is 16.5. The van der Waals surface area contributed by atoms with Crippen LogP contribution in [0, 0.1) is 5.82 Å². The van der Waals surface area contributed by atoms with Crippen LogP contribution < -0.4 is 10.2 Å². The van der Waals surface area contributed by atoms with E-state index < -0.39 is 5.82 Å². The quantitative estimate of drug-likeness (QED) is 0.747. The zero-order valence-corrected chi connectivity index (χ0v) is 14.5. The number of nitrogens with zero attached hydrogens (tertiary/aromatic N) is 1. The van der Waals surface area contributed by atoms with E-state index in [4.69, 9.17) is 4.42 Å². The lowest BCUT2D eigenvalue weighted by molar-refractivity contribution is 0.0983. The van der Waals surface area contributed by atoms with Gasteiger partial charge in [-0.2, -0.15) is 0 Å². The molecule has 1 aromatic carbocycles. The summed E-state index contributed by atoms with van der Waals surface area (Å²) in [6, 6.07) is 11.4. The Balaban J connectivity index is 1.55. The number of hydrogen-bond acceptors (Lipinski definition) is 4. The predicted molar refractivity (Wildman–Crippen MR) is 97.4 cm³/mol. The molecule has 5 nitrogen and oxygen atoms in total. The summed E-state index contributed by atoms with van der Waals surface area (Å²) >= 11 is 1.15. The van der Waals surface area contributed by atoms with Gasteiger partial charge in [-0.05, 0) is 48.7 Å². The predicted octanol–water partition coefficient (Wildman–Crippen LogP) is 4.33. The number of hydrogen-bond donors (Lipinski definition) is 1. The lowest BCUT2D eigenvalue weighted by Gasteiger charge is -2.29. The number of carbonyl (C=O) groups is 2. The van der Waals surface area contributed by atoms with Crippen molar-refractivity contribution in [2.75, 3.05) is 16.8 Å². The van der Waals surface area contributed by atoms with Gasteiger partial charge in [0.05, 0.1) is 21.8 Å². The number of aryl methyl sites for hydroxylation is 1. The number of amides is 2. The minimum absolute atomic E-state index is 0.193. The highest BCUT2D eigenvalue weighted by Gasteiger charge is 2.27. The van der Waals surface area contributed by atoms with Crippen LogP contribution in [-0.2, 0) is 6.42 Å². The Kier molecular flexibility index (Phi) is 4.30. The third-order valence-electron chi connectivity index (χ3n) is 4.21. The van der Waals surface area contributed by atoms with E-state index >= 15 is 0 Å². The van der Waals surface area contributed by atoms with Gasteiger partial charge in [-0.15, -0.1) is 11.3 Å². The van der Waals surface area contributed by atoms with Crippen molar-refractivity contribution in [1.29, 1.82) is 0 Å². The Labute approximate surface area is 153 Å². The normalized spacial score (nSPS) is 13.3. The molecule has 2 amide bonds. The molecular formula is C19H15FN2O3S. The van der Waals surface area contributed by atoms with Gasteiger partial charge in [0.15, 0.2) is 5.76 Å². The van der Waals surface area contributed by atoms with Crippen molar-refractivity contribution in [2.24, 2.45) is 0 Å². The van der Waals surface area contributed by atoms with Gasteiger partial charge < -0.3 is 14.6 Å². The molecule has 4 rings (SSSR count). The van der Waals surface area contributed by atoms with Crippen molar-refractivity contribution < 1.29 is 18.4 Å². The van der Waals surface area contributed by atoms with Crippen LogP contribution in [-0.4, -0.2) is 18.4 Å². The van der Waals surface area contributed by atoms with Gasteiger partial charge in [-0.25, -0.2) is 4.39 Å². The van der Waals surface area contributed by atoms with Crippen molar-refractivity contribution in [3.05, 3.63) is 70.7 Å². The number of rotatable bonds is 3. The minimum atomic E-state index is -0.390. The van der Waals surface area contributed by atoms with Gasteiger partial charge in [-0.3, -0.25) is 9.59 Å². The maximum atomic E-state index is 14.3. The Hall–Kier alpha value is -2.93. The first-order valence-electron chi connectivity index (χ1n) is 8.17. The molecule has 0 bridgehead atoms. The SMILES string of the molecule is O=C(Nc1ccc(C(=O)N2CCCc3cccc(F)c32)s1)c1ccco1. The number of halogens is 1. The molecule has 7 heteroatoms. The summed E-state index contributed by atoms with van der Waals surface area (Å²) < 4.78 is 19.3. The van der Waals surface area contributed by atoms with Gasteiger partial charge in [0.2, 0.25) is 0 Å². The number of nitrogens with one attached hydrogen (secondary N) is 1. The second-order valence-corrected chi connectivity index (χ2v) is 6.99. The van der Waals surface area contributed by atoms with Crippen LogP contribution >= 0.6 is 11.3 Å². The lowest BCUT2D eigenvalue weighted by atomic mass is 10.0.